The fourth-order valence-electron chi connectivity index (χ4n) is 8.14. The molecule has 3 aliphatic heterocycles. The summed E-state index contributed by atoms with van der Waals surface area (Å²) in [6.45, 7) is 6.02. The number of anilines is 3. The number of thiocarbonyl (C=S) groups is 1. The third-order valence-corrected chi connectivity index (χ3v) is 12.0. The van der Waals surface area contributed by atoms with Gasteiger partial charge in [-0.1, -0.05) is 5.16 Å². The maximum atomic E-state index is 15.7. The van der Waals surface area contributed by atoms with Crippen LogP contribution in [0.2, 0.25) is 0 Å². The van der Waals surface area contributed by atoms with Gasteiger partial charge in [0.2, 0.25) is 17.7 Å². The highest BCUT2D eigenvalue weighted by Gasteiger charge is 2.52. The lowest BCUT2D eigenvalue weighted by Crippen LogP contribution is -2.54. The Labute approximate surface area is 346 Å². The summed E-state index contributed by atoms with van der Waals surface area (Å²) >= 11 is 5.58. The van der Waals surface area contributed by atoms with Gasteiger partial charge >= 0.3 is 6.18 Å². The van der Waals surface area contributed by atoms with Gasteiger partial charge < -0.3 is 19.5 Å². The number of alkyl halides is 3. The van der Waals surface area contributed by atoms with E-state index in [0.29, 0.717) is 61.0 Å². The number of aromatic nitrogens is 1. The van der Waals surface area contributed by atoms with Crippen LogP contribution >= 0.6 is 12.2 Å². The highest BCUT2D eigenvalue weighted by atomic mass is 32.1. The van der Waals surface area contributed by atoms with Crippen molar-refractivity contribution in [3.63, 3.8) is 0 Å². The van der Waals surface area contributed by atoms with Crippen LogP contribution in [0.15, 0.2) is 59.1 Å². The Kier molecular flexibility index (Phi) is 10.4. The van der Waals surface area contributed by atoms with Crippen LogP contribution in [-0.4, -0.2) is 94.1 Å². The van der Waals surface area contributed by atoms with Gasteiger partial charge in [-0.2, -0.15) is 18.4 Å². The molecule has 0 radical (unpaired) electrons. The minimum Gasteiger partial charge on any atom is -0.489 e. The van der Waals surface area contributed by atoms with Crippen LogP contribution in [0.5, 0.6) is 5.75 Å². The second-order valence-corrected chi connectivity index (χ2v) is 16.2. The Morgan fingerprint density at radius 2 is 1.78 bits per heavy atom. The van der Waals surface area contributed by atoms with Crippen molar-refractivity contribution in [1.29, 1.82) is 5.26 Å². The SMILES string of the molecule is CC1(C)C(=O)N(c2ccc(C#N)c(C(F)(F)F)c2)C(=S)N1c1ccc(OCC2(N3CCN(CC(=O)Nc4ccc5c(C6CCC(=O)NC6=O)noc5c4)CC3)CC2)c(F)c1. The lowest BCUT2D eigenvalue weighted by Gasteiger charge is -2.39. The third kappa shape index (κ3) is 7.54. The van der Waals surface area contributed by atoms with Crippen LogP contribution in [0.4, 0.5) is 34.6 Å². The fourth-order valence-corrected chi connectivity index (χ4v) is 8.66. The molecule has 4 amide bonds. The van der Waals surface area contributed by atoms with Crippen LogP contribution < -0.4 is 25.2 Å². The number of carbonyl (C=O) groups excluding carboxylic acids is 4. The Bertz CT molecular complexity index is 2490. The van der Waals surface area contributed by atoms with Crippen molar-refractivity contribution < 1.29 is 46.0 Å². The molecule has 1 saturated carbocycles. The van der Waals surface area contributed by atoms with E-state index in [2.05, 4.69) is 20.7 Å². The molecule has 4 aromatic rings. The predicted octanol–water partition coefficient (Wildman–Crippen LogP) is 5.46. The van der Waals surface area contributed by atoms with Crippen molar-refractivity contribution in [2.24, 2.45) is 0 Å². The molecule has 60 heavy (non-hydrogen) atoms. The summed E-state index contributed by atoms with van der Waals surface area (Å²) in [6.07, 6.45) is -2.59. The number of nitriles is 1. The second-order valence-electron chi connectivity index (χ2n) is 15.9. The number of fused-ring (bicyclic) bond motifs is 1. The van der Waals surface area contributed by atoms with Crippen LogP contribution in [0.3, 0.4) is 0 Å². The number of ether oxygens (including phenoxy) is 1. The first-order chi connectivity index (χ1) is 28.5. The molecule has 0 bridgehead atoms. The van der Waals surface area contributed by atoms with Crippen molar-refractivity contribution in [2.75, 3.05) is 54.4 Å². The Morgan fingerprint density at radius 1 is 1.05 bits per heavy atom. The maximum Gasteiger partial charge on any atom is 0.417 e. The summed E-state index contributed by atoms with van der Waals surface area (Å²) in [5.41, 5.74) is -2.08. The van der Waals surface area contributed by atoms with E-state index < -0.39 is 46.4 Å². The average molecular weight is 847 g/mol. The van der Waals surface area contributed by atoms with Gasteiger partial charge in [0, 0.05) is 61.5 Å². The largest absolute Gasteiger partial charge is 0.489 e. The number of halogens is 4. The van der Waals surface area contributed by atoms with E-state index in [1.165, 1.54) is 49.1 Å². The van der Waals surface area contributed by atoms with Gasteiger partial charge in [0.25, 0.3) is 5.91 Å². The van der Waals surface area contributed by atoms with Crippen LogP contribution in [-0.2, 0) is 25.4 Å². The van der Waals surface area contributed by atoms with E-state index in [0.717, 1.165) is 23.8 Å². The molecule has 1 unspecified atom stereocenters. The van der Waals surface area contributed by atoms with Gasteiger partial charge in [-0.25, -0.2) is 4.39 Å². The summed E-state index contributed by atoms with van der Waals surface area (Å²) in [5, 5.41) is 19.0. The van der Waals surface area contributed by atoms with Crippen molar-refractivity contribution in [3.8, 4) is 11.8 Å². The van der Waals surface area contributed by atoms with Gasteiger partial charge in [0.15, 0.2) is 22.3 Å². The molecule has 1 aliphatic carbocycles. The summed E-state index contributed by atoms with van der Waals surface area (Å²) in [6, 6.07) is 13.7. The molecule has 8 rings (SSSR count). The van der Waals surface area contributed by atoms with E-state index in [1.807, 2.05) is 4.90 Å². The minimum absolute atomic E-state index is 0.0101. The van der Waals surface area contributed by atoms with E-state index in [-0.39, 0.29) is 59.2 Å². The zero-order valence-electron chi connectivity index (χ0n) is 32.4. The third-order valence-electron chi connectivity index (χ3n) is 11.6. The molecular weight excluding hydrogens is 809 g/mol. The first-order valence-corrected chi connectivity index (χ1v) is 19.6. The molecule has 1 atom stereocenters. The van der Waals surface area contributed by atoms with Gasteiger partial charge in [-0.15, -0.1) is 0 Å². The molecule has 1 aromatic heterocycles. The van der Waals surface area contributed by atoms with Crippen LogP contribution in [0.25, 0.3) is 11.0 Å². The molecule has 19 heteroatoms. The molecule has 2 N–H and O–H groups in total. The molecule has 14 nitrogen and oxygen atoms in total. The van der Waals surface area contributed by atoms with Crippen molar-refractivity contribution >= 4 is 69.0 Å². The van der Waals surface area contributed by atoms with Gasteiger partial charge in [0.05, 0.1) is 40.9 Å². The van der Waals surface area contributed by atoms with Crippen molar-refractivity contribution in [1.82, 2.24) is 20.3 Å². The zero-order chi connectivity index (χ0) is 42.7. The average Bonchev–Trinajstić information content (AvgIpc) is 3.84. The lowest BCUT2D eigenvalue weighted by atomic mass is 9.93. The number of nitrogens with zero attached hydrogens (tertiary/aromatic N) is 6. The lowest BCUT2D eigenvalue weighted by molar-refractivity contribution is -0.138. The number of piperazine rings is 1. The van der Waals surface area contributed by atoms with Crippen molar-refractivity contribution in [2.45, 2.75) is 62.7 Å². The molecule has 3 aromatic carbocycles. The van der Waals surface area contributed by atoms with Gasteiger partial charge in [-0.05, 0) is 87.8 Å². The molecular formula is C41H38F4N8O6S. The van der Waals surface area contributed by atoms with Crippen molar-refractivity contribution in [3.05, 3.63) is 77.2 Å². The van der Waals surface area contributed by atoms with E-state index >= 15 is 4.39 Å². The van der Waals surface area contributed by atoms with E-state index in [1.54, 1.807) is 18.2 Å². The number of amides is 4. The molecule has 3 saturated heterocycles. The molecule has 312 valence electrons. The Hall–Kier alpha value is -5.97. The topological polar surface area (TPSA) is 164 Å². The quantitative estimate of drug-likeness (QED) is 0.118. The number of carbonyl (C=O) groups is 4. The first-order valence-electron chi connectivity index (χ1n) is 19.2. The Balaban J connectivity index is 0.849. The normalized spacial score (nSPS) is 20.6. The summed E-state index contributed by atoms with van der Waals surface area (Å²) < 4.78 is 68.4. The molecule has 4 fully saturated rings. The first kappa shape index (κ1) is 40.8. The zero-order valence-corrected chi connectivity index (χ0v) is 33.2. The van der Waals surface area contributed by atoms with E-state index in [4.69, 9.17) is 21.5 Å². The fraction of sp³-hybridized carbons (Fsp3) is 0.390. The molecule has 0 spiro atoms. The minimum atomic E-state index is -4.85. The smallest absolute Gasteiger partial charge is 0.417 e. The standard InChI is InChI=1S/C41H38F4N8O6S/c1-39(2)37(57)52(25-5-3-23(20-46)29(18-25)41(43,44)45)38(60)53(39)26-6-9-31(30(42)19-26)58-22-40(11-12-40)51-15-13-50(14-16-51)21-34(55)47-24-4-7-27-32(17-24)59-49-35(27)28-8-10-33(54)48-36(28)56/h3-7,9,17-19,28H,8,10-16,21-22H2,1-2H3,(H,47,55)(H,48,54,56). The summed E-state index contributed by atoms with van der Waals surface area (Å²) in [5.74, 6) is -2.89. The number of piperidine rings is 1. The number of rotatable bonds is 10. The summed E-state index contributed by atoms with van der Waals surface area (Å²) in [4.78, 5) is 57.2. The van der Waals surface area contributed by atoms with Gasteiger partial charge in [0.1, 0.15) is 17.8 Å². The van der Waals surface area contributed by atoms with Crippen LogP contribution in [0.1, 0.15) is 62.3 Å². The predicted molar refractivity (Wildman–Crippen MR) is 212 cm³/mol. The number of imide groups is 1. The highest BCUT2D eigenvalue weighted by Crippen LogP contribution is 2.44. The molecule has 4 aliphatic rings. The van der Waals surface area contributed by atoms with E-state index in [9.17, 15) is 37.6 Å². The van der Waals surface area contributed by atoms with Gasteiger partial charge in [-0.3, -0.25) is 39.2 Å². The molecule has 4 heterocycles. The maximum absolute atomic E-state index is 15.7. The van der Waals surface area contributed by atoms with Crippen LogP contribution in [0, 0.1) is 17.1 Å². The number of nitrogens with one attached hydrogen (secondary N) is 2. The summed E-state index contributed by atoms with van der Waals surface area (Å²) in [7, 11) is 0. The monoisotopic (exact) mass is 846 g/mol. The highest BCUT2D eigenvalue weighted by molar-refractivity contribution is 7.81. The number of benzene rings is 3. The second kappa shape index (κ2) is 15.2. The Morgan fingerprint density at radius 3 is 2.45 bits per heavy atom. The number of hydrogen-bond acceptors (Lipinski definition) is 11. The number of hydrogen-bond donors (Lipinski definition) is 2.